The molecule has 3 aromatic rings. The third-order valence-corrected chi connectivity index (χ3v) is 4.61. The molecule has 0 saturated heterocycles. The van der Waals surface area contributed by atoms with Crippen LogP contribution in [0.4, 0.5) is 4.39 Å². The largest absolute Gasteiger partial charge is 0.332 e. The number of hydrogen-bond donors (Lipinski definition) is 1. The first-order valence-electron chi connectivity index (χ1n) is 8.41. The van der Waals surface area contributed by atoms with Gasteiger partial charge in [0, 0.05) is 0 Å². The summed E-state index contributed by atoms with van der Waals surface area (Å²) in [4.78, 5) is 4.51. The summed E-state index contributed by atoms with van der Waals surface area (Å²) in [7, 11) is 0. The zero-order chi connectivity index (χ0) is 18.1. The molecule has 1 saturated carbocycles. The molecule has 2 heterocycles. The van der Waals surface area contributed by atoms with E-state index in [2.05, 4.69) is 25.7 Å². The lowest BCUT2D eigenvalue weighted by Gasteiger charge is -2.17. The maximum absolute atomic E-state index is 13.2. The molecule has 0 bridgehead atoms. The van der Waals surface area contributed by atoms with E-state index in [1.54, 1.807) is 25.1 Å². The van der Waals surface area contributed by atoms with Crippen LogP contribution in [0.25, 0.3) is 11.8 Å². The monoisotopic (exact) mass is 355 g/mol. The molecule has 2 aromatic heterocycles. The quantitative estimate of drug-likeness (QED) is 0.764. The van der Waals surface area contributed by atoms with Crippen LogP contribution in [0.2, 0.25) is 0 Å². The van der Waals surface area contributed by atoms with E-state index in [1.807, 2.05) is 0 Å². The van der Waals surface area contributed by atoms with Crippen molar-refractivity contribution in [2.24, 2.45) is 5.73 Å². The van der Waals surface area contributed by atoms with Crippen LogP contribution < -0.4 is 5.73 Å². The first-order valence-corrected chi connectivity index (χ1v) is 8.41. The van der Waals surface area contributed by atoms with E-state index in [1.165, 1.54) is 16.8 Å². The second-order valence-corrected chi connectivity index (χ2v) is 6.51. The summed E-state index contributed by atoms with van der Waals surface area (Å²) in [6.45, 7) is 1.76. The standard InChI is InChI=1S/C17H18FN7O/c1-11-21-23-24-25(11)14(10-12-4-6-13(18)7-5-12)15-20-16(22-26-15)17(19)8-2-3-9-17/h4-7,10H,2-3,8-9,19H2,1H3/b14-10+. The van der Waals surface area contributed by atoms with Crippen molar-refractivity contribution < 1.29 is 8.91 Å². The molecule has 134 valence electrons. The number of aryl methyl sites for hydroxylation is 1. The van der Waals surface area contributed by atoms with Gasteiger partial charge in [0.25, 0.3) is 5.89 Å². The molecule has 1 aliphatic rings. The smallest absolute Gasteiger partial charge is 0.276 e. The van der Waals surface area contributed by atoms with Crippen LogP contribution in [-0.2, 0) is 5.54 Å². The van der Waals surface area contributed by atoms with Gasteiger partial charge in [-0.1, -0.05) is 30.1 Å². The lowest BCUT2D eigenvalue weighted by atomic mass is 9.99. The lowest BCUT2D eigenvalue weighted by molar-refractivity contribution is 0.361. The number of aromatic nitrogens is 6. The van der Waals surface area contributed by atoms with Gasteiger partial charge in [0.05, 0.1) is 5.54 Å². The Morgan fingerprint density at radius 2 is 2.00 bits per heavy atom. The number of rotatable bonds is 4. The summed E-state index contributed by atoms with van der Waals surface area (Å²) >= 11 is 0. The van der Waals surface area contributed by atoms with Crippen molar-refractivity contribution in [2.45, 2.75) is 38.1 Å². The van der Waals surface area contributed by atoms with E-state index in [0.717, 1.165) is 31.2 Å². The maximum Gasteiger partial charge on any atom is 0.276 e. The molecule has 0 aliphatic heterocycles. The zero-order valence-electron chi connectivity index (χ0n) is 14.3. The second kappa shape index (κ2) is 6.41. The molecule has 1 fully saturated rings. The number of benzene rings is 1. The predicted octanol–water partition coefficient (Wildman–Crippen LogP) is 2.28. The first-order chi connectivity index (χ1) is 12.5. The molecule has 0 radical (unpaired) electrons. The fourth-order valence-corrected chi connectivity index (χ4v) is 3.14. The average molecular weight is 355 g/mol. The normalized spacial score (nSPS) is 17.0. The molecule has 0 amide bonds. The molecule has 1 aromatic carbocycles. The van der Waals surface area contributed by atoms with E-state index in [4.69, 9.17) is 10.3 Å². The summed E-state index contributed by atoms with van der Waals surface area (Å²) in [5.41, 5.74) is 7.11. The van der Waals surface area contributed by atoms with E-state index in [-0.39, 0.29) is 11.7 Å². The van der Waals surface area contributed by atoms with E-state index >= 15 is 0 Å². The van der Waals surface area contributed by atoms with Gasteiger partial charge < -0.3 is 10.3 Å². The molecule has 26 heavy (non-hydrogen) atoms. The zero-order valence-corrected chi connectivity index (χ0v) is 14.3. The van der Waals surface area contributed by atoms with Gasteiger partial charge in [-0.2, -0.15) is 9.67 Å². The van der Waals surface area contributed by atoms with Crippen LogP contribution in [0, 0.1) is 12.7 Å². The van der Waals surface area contributed by atoms with Crippen LogP contribution in [0.3, 0.4) is 0 Å². The Labute approximate surface area is 148 Å². The van der Waals surface area contributed by atoms with Crippen molar-refractivity contribution in [1.29, 1.82) is 0 Å². The van der Waals surface area contributed by atoms with Gasteiger partial charge in [-0.15, -0.1) is 5.10 Å². The van der Waals surface area contributed by atoms with E-state index in [0.29, 0.717) is 17.3 Å². The summed E-state index contributed by atoms with van der Waals surface area (Å²) in [6, 6.07) is 6.05. The molecule has 2 N–H and O–H groups in total. The molecule has 0 unspecified atom stereocenters. The van der Waals surface area contributed by atoms with Crippen molar-refractivity contribution in [3.05, 3.63) is 53.2 Å². The minimum absolute atomic E-state index is 0.261. The third-order valence-electron chi connectivity index (χ3n) is 4.61. The minimum atomic E-state index is -0.557. The fourth-order valence-electron chi connectivity index (χ4n) is 3.14. The summed E-state index contributed by atoms with van der Waals surface area (Å²) < 4.78 is 20.2. The van der Waals surface area contributed by atoms with Crippen LogP contribution in [0.15, 0.2) is 28.8 Å². The number of tetrazole rings is 1. The van der Waals surface area contributed by atoms with Gasteiger partial charge in [0.2, 0.25) is 0 Å². The molecule has 1 aliphatic carbocycles. The van der Waals surface area contributed by atoms with Gasteiger partial charge >= 0.3 is 0 Å². The second-order valence-electron chi connectivity index (χ2n) is 6.51. The third kappa shape index (κ3) is 3.01. The summed E-state index contributed by atoms with van der Waals surface area (Å²) in [5, 5.41) is 15.6. The van der Waals surface area contributed by atoms with Gasteiger partial charge in [-0.05, 0) is 54.0 Å². The van der Waals surface area contributed by atoms with Crippen molar-refractivity contribution >= 4 is 11.8 Å². The molecule has 8 nitrogen and oxygen atoms in total. The number of halogens is 1. The lowest BCUT2D eigenvalue weighted by Crippen LogP contribution is -2.34. The highest BCUT2D eigenvalue weighted by molar-refractivity contribution is 5.77. The highest BCUT2D eigenvalue weighted by Gasteiger charge is 2.36. The predicted molar refractivity (Wildman–Crippen MR) is 90.9 cm³/mol. The number of nitrogens with two attached hydrogens (primary N) is 1. The topological polar surface area (TPSA) is 109 Å². The summed E-state index contributed by atoms with van der Waals surface area (Å²) in [5.74, 6) is 0.993. The first kappa shape index (κ1) is 16.5. The van der Waals surface area contributed by atoms with Crippen molar-refractivity contribution in [1.82, 2.24) is 30.3 Å². The number of nitrogens with zero attached hydrogens (tertiary/aromatic N) is 6. The highest BCUT2D eigenvalue weighted by Crippen LogP contribution is 2.35. The van der Waals surface area contributed by atoms with Crippen molar-refractivity contribution in [3.8, 4) is 0 Å². The SMILES string of the molecule is Cc1nnnn1/C(=C/c1ccc(F)cc1)c1nc(C2(N)CCCC2)no1. The van der Waals surface area contributed by atoms with E-state index in [9.17, 15) is 4.39 Å². The molecule has 4 rings (SSSR count). The Morgan fingerprint density at radius 1 is 1.27 bits per heavy atom. The Balaban J connectivity index is 1.78. The fraction of sp³-hybridized carbons (Fsp3) is 0.353. The van der Waals surface area contributed by atoms with Crippen LogP contribution >= 0.6 is 0 Å². The van der Waals surface area contributed by atoms with Crippen LogP contribution in [0.5, 0.6) is 0 Å². The Morgan fingerprint density at radius 3 is 2.65 bits per heavy atom. The van der Waals surface area contributed by atoms with Crippen molar-refractivity contribution in [3.63, 3.8) is 0 Å². The molecular formula is C17H18FN7O. The van der Waals surface area contributed by atoms with Crippen LogP contribution in [0.1, 0.15) is 48.8 Å². The van der Waals surface area contributed by atoms with Crippen molar-refractivity contribution in [2.75, 3.05) is 0 Å². The Hall–Kier alpha value is -2.94. The molecular weight excluding hydrogens is 337 g/mol. The van der Waals surface area contributed by atoms with E-state index < -0.39 is 5.54 Å². The Bertz CT molecular complexity index is 938. The minimum Gasteiger partial charge on any atom is -0.332 e. The van der Waals surface area contributed by atoms with Gasteiger partial charge in [-0.3, -0.25) is 0 Å². The summed E-state index contributed by atoms with van der Waals surface area (Å²) in [6.07, 6.45) is 5.51. The van der Waals surface area contributed by atoms with Gasteiger partial charge in [0.15, 0.2) is 11.6 Å². The molecule has 0 spiro atoms. The average Bonchev–Trinajstić information content (AvgIpc) is 3.36. The van der Waals surface area contributed by atoms with Gasteiger partial charge in [0.1, 0.15) is 11.5 Å². The highest BCUT2D eigenvalue weighted by atomic mass is 19.1. The number of hydrogen-bond acceptors (Lipinski definition) is 7. The maximum atomic E-state index is 13.2. The van der Waals surface area contributed by atoms with Gasteiger partial charge in [-0.25, -0.2) is 4.39 Å². The molecule has 9 heteroatoms. The molecule has 0 atom stereocenters. The van der Waals surface area contributed by atoms with Crippen LogP contribution in [-0.4, -0.2) is 30.3 Å². The Kier molecular flexibility index (Phi) is 4.08.